The van der Waals surface area contributed by atoms with E-state index in [0.717, 1.165) is 5.56 Å². The molecule has 3 atom stereocenters. The van der Waals surface area contributed by atoms with Gasteiger partial charge in [-0.15, -0.1) is 0 Å². The first kappa shape index (κ1) is 29.8. The summed E-state index contributed by atoms with van der Waals surface area (Å²) >= 11 is 0. The van der Waals surface area contributed by atoms with Crippen molar-refractivity contribution in [3.63, 3.8) is 0 Å². The minimum atomic E-state index is -1.61. The highest BCUT2D eigenvalue weighted by molar-refractivity contribution is 5.95. The molecule has 0 aromatic heterocycles. The molecule has 2 aromatic carbocycles. The number of rotatable bonds is 14. The molecule has 0 spiro atoms. The fourth-order valence-electron chi connectivity index (χ4n) is 3.58. The molecule has 2 aromatic rings. The van der Waals surface area contributed by atoms with E-state index in [0.29, 0.717) is 5.56 Å². The lowest BCUT2D eigenvalue weighted by Crippen LogP contribution is -2.57. The molecule has 0 bridgehead atoms. The molecule has 38 heavy (non-hydrogen) atoms. The van der Waals surface area contributed by atoms with Gasteiger partial charge < -0.3 is 30.6 Å². The smallest absolute Gasteiger partial charge is 0.408 e. The topological polar surface area (TPSA) is 163 Å². The molecule has 0 saturated carbocycles. The van der Waals surface area contributed by atoms with Crippen LogP contribution in [0.15, 0.2) is 60.7 Å². The summed E-state index contributed by atoms with van der Waals surface area (Å²) in [6, 6.07) is 15.0. The van der Waals surface area contributed by atoms with Crippen LogP contribution in [-0.4, -0.2) is 55.1 Å². The van der Waals surface area contributed by atoms with Gasteiger partial charge in [0.05, 0.1) is 25.6 Å². The first-order valence-corrected chi connectivity index (χ1v) is 12.2. The zero-order chi connectivity index (χ0) is 27.9. The van der Waals surface area contributed by atoms with Crippen LogP contribution in [0.25, 0.3) is 0 Å². The third-order valence-electron chi connectivity index (χ3n) is 5.39. The van der Waals surface area contributed by atoms with Gasteiger partial charge in [0.2, 0.25) is 11.8 Å². The van der Waals surface area contributed by atoms with Crippen LogP contribution in [0.4, 0.5) is 4.79 Å². The number of nitrogens with one attached hydrogen (secondary N) is 2. The lowest BCUT2D eigenvalue weighted by atomic mass is 9.94. The van der Waals surface area contributed by atoms with Crippen LogP contribution in [0, 0.1) is 5.92 Å². The third kappa shape index (κ3) is 9.92. The van der Waals surface area contributed by atoms with Gasteiger partial charge in [-0.2, -0.15) is 0 Å². The molecule has 11 heteroatoms. The standard InChI is InChI=1S/C27H33N3O8/c1-3-36-22(31)16-20(26(34)37-4-2)23(24(28)32)30-25(33)21(15-18-11-7-5-8-12-18)29-27(35)38-17-19-13-9-6-10-14-19/h5-14,20-21,23H,3-4,15-17H2,1-2H3,(H2,28,32)(H,29,35)(H,30,33)/t20-,21-,23-/m0/s1. The van der Waals surface area contributed by atoms with E-state index in [1.54, 1.807) is 68.4 Å². The van der Waals surface area contributed by atoms with Crippen molar-refractivity contribution in [3.8, 4) is 0 Å². The number of carbonyl (C=O) groups is 5. The summed E-state index contributed by atoms with van der Waals surface area (Å²) in [5.41, 5.74) is 6.97. The van der Waals surface area contributed by atoms with Gasteiger partial charge in [-0.3, -0.25) is 19.2 Å². The van der Waals surface area contributed by atoms with E-state index in [1.165, 1.54) is 0 Å². The summed E-state index contributed by atoms with van der Waals surface area (Å²) < 4.78 is 15.1. The van der Waals surface area contributed by atoms with Crippen molar-refractivity contribution >= 4 is 29.8 Å². The first-order valence-electron chi connectivity index (χ1n) is 12.2. The zero-order valence-electron chi connectivity index (χ0n) is 21.4. The van der Waals surface area contributed by atoms with Crippen LogP contribution in [0.5, 0.6) is 0 Å². The minimum Gasteiger partial charge on any atom is -0.466 e. The number of nitrogens with two attached hydrogens (primary N) is 1. The molecule has 0 aliphatic carbocycles. The van der Waals surface area contributed by atoms with Crippen molar-refractivity contribution in [2.24, 2.45) is 11.7 Å². The van der Waals surface area contributed by atoms with E-state index in [1.807, 2.05) is 6.07 Å². The highest BCUT2D eigenvalue weighted by Gasteiger charge is 2.38. The molecule has 0 aliphatic heterocycles. The Labute approximate surface area is 221 Å². The van der Waals surface area contributed by atoms with Crippen LogP contribution >= 0.6 is 0 Å². The van der Waals surface area contributed by atoms with Gasteiger partial charge in [0, 0.05) is 6.42 Å². The molecule has 0 saturated heterocycles. The number of ether oxygens (including phenoxy) is 3. The van der Waals surface area contributed by atoms with Crippen LogP contribution in [0.2, 0.25) is 0 Å². The Bertz CT molecular complexity index is 1080. The van der Waals surface area contributed by atoms with E-state index in [4.69, 9.17) is 19.9 Å². The maximum Gasteiger partial charge on any atom is 0.408 e. The second-order valence-electron chi connectivity index (χ2n) is 8.20. The molecule has 3 amide bonds. The molecule has 204 valence electrons. The van der Waals surface area contributed by atoms with Gasteiger partial charge in [0.25, 0.3) is 0 Å². The molecule has 0 aliphatic rings. The lowest BCUT2D eigenvalue weighted by molar-refractivity contribution is -0.157. The lowest BCUT2D eigenvalue weighted by Gasteiger charge is -2.26. The van der Waals surface area contributed by atoms with E-state index in [9.17, 15) is 24.0 Å². The largest absolute Gasteiger partial charge is 0.466 e. The number of alkyl carbamates (subject to hydrolysis) is 1. The number of amides is 3. The Hall–Kier alpha value is -4.41. The molecular weight excluding hydrogens is 494 g/mol. The number of esters is 2. The molecule has 11 nitrogen and oxygen atoms in total. The van der Waals surface area contributed by atoms with Crippen molar-refractivity contribution in [3.05, 3.63) is 71.8 Å². The van der Waals surface area contributed by atoms with E-state index in [2.05, 4.69) is 10.6 Å². The average molecular weight is 528 g/mol. The molecule has 4 N–H and O–H groups in total. The van der Waals surface area contributed by atoms with Gasteiger partial charge in [-0.05, 0) is 25.0 Å². The Morgan fingerprint density at radius 2 is 1.37 bits per heavy atom. The minimum absolute atomic E-state index is 0.0248. The Kier molecular flexibility index (Phi) is 12.3. The van der Waals surface area contributed by atoms with Crippen LogP contribution in [0.1, 0.15) is 31.4 Å². The third-order valence-corrected chi connectivity index (χ3v) is 5.39. The number of benzene rings is 2. The quantitative estimate of drug-likeness (QED) is 0.246. The summed E-state index contributed by atoms with van der Waals surface area (Å²) in [5, 5.41) is 4.91. The van der Waals surface area contributed by atoms with Crippen molar-refractivity contribution in [2.45, 2.75) is 45.4 Å². The summed E-state index contributed by atoms with van der Waals surface area (Å²) in [5.74, 6) is -4.98. The van der Waals surface area contributed by atoms with Gasteiger partial charge in [0.1, 0.15) is 18.7 Å². The Morgan fingerprint density at radius 3 is 1.92 bits per heavy atom. The van der Waals surface area contributed by atoms with E-state index < -0.39 is 54.3 Å². The summed E-state index contributed by atoms with van der Waals surface area (Å²) in [6.07, 6.45) is -1.37. The highest BCUT2D eigenvalue weighted by atomic mass is 16.6. The maximum absolute atomic E-state index is 13.3. The number of hydrogen-bond acceptors (Lipinski definition) is 8. The summed E-state index contributed by atoms with van der Waals surface area (Å²) in [6.45, 7) is 3.14. The van der Waals surface area contributed by atoms with Crippen molar-refractivity contribution in [1.29, 1.82) is 0 Å². The van der Waals surface area contributed by atoms with Gasteiger partial charge >= 0.3 is 18.0 Å². The Morgan fingerprint density at radius 1 is 0.789 bits per heavy atom. The monoisotopic (exact) mass is 527 g/mol. The fourth-order valence-corrected chi connectivity index (χ4v) is 3.58. The average Bonchev–Trinajstić information content (AvgIpc) is 2.90. The van der Waals surface area contributed by atoms with Gasteiger partial charge in [-0.1, -0.05) is 60.7 Å². The molecular formula is C27H33N3O8. The first-order chi connectivity index (χ1) is 18.2. The predicted molar refractivity (Wildman–Crippen MR) is 136 cm³/mol. The Balaban J connectivity index is 2.23. The van der Waals surface area contributed by atoms with Crippen molar-refractivity contribution in [2.75, 3.05) is 13.2 Å². The second-order valence-corrected chi connectivity index (χ2v) is 8.20. The summed E-state index contributed by atoms with van der Waals surface area (Å²) in [4.78, 5) is 62.9. The van der Waals surface area contributed by atoms with Crippen molar-refractivity contribution < 1.29 is 38.2 Å². The van der Waals surface area contributed by atoms with E-state index in [-0.39, 0.29) is 26.2 Å². The van der Waals surface area contributed by atoms with Crippen LogP contribution in [-0.2, 0) is 46.4 Å². The highest BCUT2D eigenvalue weighted by Crippen LogP contribution is 2.15. The molecule has 0 unspecified atom stereocenters. The zero-order valence-corrected chi connectivity index (χ0v) is 21.4. The number of hydrogen-bond donors (Lipinski definition) is 3. The van der Waals surface area contributed by atoms with Crippen LogP contribution < -0.4 is 16.4 Å². The van der Waals surface area contributed by atoms with Gasteiger partial charge in [-0.25, -0.2) is 4.79 Å². The SMILES string of the molecule is CCOC(=O)C[C@H](C(=O)OCC)[C@H](NC(=O)[C@H](Cc1ccccc1)NC(=O)OCc1ccccc1)C(N)=O. The van der Waals surface area contributed by atoms with Crippen LogP contribution in [0.3, 0.4) is 0 Å². The summed E-state index contributed by atoms with van der Waals surface area (Å²) in [7, 11) is 0. The second kappa shape index (κ2) is 15.6. The molecule has 2 rings (SSSR count). The van der Waals surface area contributed by atoms with E-state index >= 15 is 0 Å². The fraction of sp³-hybridized carbons (Fsp3) is 0.370. The number of primary amides is 1. The molecule has 0 fully saturated rings. The van der Waals surface area contributed by atoms with Gasteiger partial charge in [0.15, 0.2) is 0 Å². The maximum atomic E-state index is 13.3. The predicted octanol–water partition coefficient (Wildman–Crippen LogP) is 1.63. The molecule has 0 radical (unpaired) electrons. The normalized spacial score (nSPS) is 12.8. The van der Waals surface area contributed by atoms with Crippen molar-refractivity contribution in [1.82, 2.24) is 10.6 Å². The number of carbonyl (C=O) groups excluding carboxylic acids is 5. The molecule has 0 heterocycles.